The second-order valence-corrected chi connectivity index (χ2v) is 5.28. The zero-order valence-corrected chi connectivity index (χ0v) is 12.6. The minimum Gasteiger partial charge on any atom is -0.508 e. The number of carbonyl (C=O) groups excluding carboxylic acids is 1. The summed E-state index contributed by atoms with van der Waals surface area (Å²) in [6, 6.07) is 16.1. The normalized spacial score (nSPS) is 17.8. The van der Waals surface area contributed by atoms with Crippen LogP contribution in [0.2, 0.25) is 0 Å². The average molecular weight is 307 g/mol. The number of benzene rings is 2. The van der Waals surface area contributed by atoms with Gasteiger partial charge in [0.1, 0.15) is 5.75 Å². The number of hydroxylamine groups is 2. The van der Waals surface area contributed by atoms with Crippen molar-refractivity contribution in [1.82, 2.24) is 5.06 Å². The molecular formula is C19H17NO3. The topological polar surface area (TPSA) is 49.8 Å². The van der Waals surface area contributed by atoms with Crippen LogP contribution in [0.25, 0.3) is 5.76 Å². The Balaban J connectivity index is 1.89. The maximum atomic E-state index is 11.6. The van der Waals surface area contributed by atoms with Gasteiger partial charge in [-0.2, -0.15) is 0 Å². The van der Waals surface area contributed by atoms with E-state index in [0.29, 0.717) is 17.9 Å². The third kappa shape index (κ3) is 3.03. The monoisotopic (exact) mass is 307 g/mol. The lowest BCUT2D eigenvalue weighted by atomic mass is 10.0. The number of hydrogen-bond donors (Lipinski definition) is 1. The first-order valence-corrected chi connectivity index (χ1v) is 7.32. The Morgan fingerprint density at radius 3 is 2.43 bits per heavy atom. The first kappa shape index (κ1) is 15.1. The van der Waals surface area contributed by atoms with E-state index in [9.17, 15) is 9.90 Å². The predicted molar refractivity (Wildman–Crippen MR) is 88.1 cm³/mol. The molecule has 1 unspecified atom stereocenters. The summed E-state index contributed by atoms with van der Waals surface area (Å²) >= 11 is 0. The number of nitrogens with zero attached hydrogens (tertiary/aromatic N) is 1. The van der Waals surface area contributed by atoms with Crippen LogP contribution < -0.4 is 0 Å². The van der Waals surface area contributed by atoms with E-state index in [-0.39, 0.29) is 11.8 Å². The van der Waals surface area contributed by atoms with Crippen molar-refractivity contribution in [3.63, 3.8) is 0 Å². The van der Waals surface area contributed by atoms with E-state index < -0.39 is 0 Å². The SMILES string of the molecule is C=CC1C(C=O)=C(c2ccccc2)ON1Cc1ccc(O)cc1. The van der Waals surface area contributed by atoms with Gasteiger partial charge in [-0.25, -0.2) is 0 Å². The lowest BCUT2D eigenvalue weighted by molar-refractivity contribution is -0.107. The summed E-state index contributed by atoms with van der Waals surface area (Å²) in [5.41, 5.74) is 2.38. The number of aromatic hydroxyl groups is 1. The molecule has 1 atom stereocenters. The molecule has 1 aliphatic rings. The molecular weight excluding hydrogens is 290 g/mol. The van der Waals surface area contributed by atoms with Gasteiger partial charge < -0.3 is 9.94 Å². The maximum Gasteiger partial charge on any atom is 0.163 e. The molecule has 0 radical (unpaired) electrons. The zero-order chi connectivity index (χ0) is 16.2. The van der Waals surface area contributed by atoms with Crippen LogP contribution in [0, 0.1) is 0 Å². The number of carbonyl (C=O) groups is 1. The van der Waals surface area contributed by atoms with Gasteiger partial charge in [0.25, 0.3) is 0 Å². The van der Waals surface area contributed by atoms with Gasteiger partial charge in [-0.1, -0.05) is 48.5 Å². The largest absolute Gasteiger partial charge is 0.508 e. The number of rotatable bonds is 5. The minimum atomic E-state index is -0.309. The number of phenolic OH excluding ortho intramolecular Hbond substituents is 1. The molecule has 23 heavy (non-hydrogen) atoms. The number of phenols is 1. The lowest BCUT2D eigenvalue weighted by Crippen LogP contribution is -2.28. The summed E-state index contributed by atoms with van der Waals surface area (Å²) in [6.07, 6.45) is 2.52. The molecule has 3 rings (SSSR count). The van der Waals surface area contributed by atoms with Crippen molar-refractivity contribution in [3.8, 4) is 5.75 Å². The molecule has 1 heterocycles. The zero-order valence-electron chi connectivity index (χ0n) is 12.6. The summed E-state index contributed by atoms with van der Waals surface area (Å²) in [5, 5.41) is 11.1. The van der Waals surface area contributed by atoms with Crippen LogP contribution in [0.15, 0.2) is 72.8 Å². The van der Waals surface area contributed by atoms with Crippen LogP contribution in [0.4, 0.5) is 0 Å². The Morgan fingerprint density at radius 1 is 1.13 bits per heavy atom. The van der Waals surface area contributed by atoms with Crippen molar-refractivity contribution in [2.45, 2.75) is 12.6 Å². The van der Waals surface area contributed by atoms with Crippen molar-refractivity contribution in [2.75, 3.05) is 0 Å². The highest BCUT2D eigenvalue weighted by atomic mass is 16.7. The Kier molecular flexibility index (Phi) is 4.26. The molecule has 0 amide bonds. The van der Waals surface area contributed by atoms with Crippen LogP contribution in [-0.2, 0) is 16.2 Å². The van der Waals surface area contributed by atoms with Crippen LogP contribution in [0.5, 0.6) is 5.75 Å². The second kappa shape index (κ2) is 6.50. The summed E-state index contributed by atoms with van der Waals surface area (Å²) in [7, 11) is 0. The van der Waals surface area contributed by atoms with Crippen molar-refractivity contribution in [2.24, 2.45) is 0 Å². The number of aldehydes is 1. The highest BCUT2D eigenvalue weighted by Crippen LogP contribution is 2.33. The molecule has 0 aromatic heterocycles. The number of hydrogen-bond acceptors (Lipinski definition) is 4. The molecule has 0 fully saturated rings. The molecule has 0 saturated carbocycles. The van der Waals surface area contributed by atoms with E-state index >= 15 is 0 Å². The Morgan fingerprint density at radius 2 is 1.83 bits per heavy atom. The third-order valence-corrected chi connectivity index (χ3v) is 3.76. The molecule has 4 heteroatoms. The molecule has 4 nitrogen and oxygen atoms in total. The highest BCUT2D eigenvalue weighted by Gasteiger charge is 2.33. The fourth-order valence-electron chi connectivity index (χ4n) is 2.60. The van der Waals surface area contributed by atoms with E-state index in [1.165, 1.54) is 0 Å². The Labute approximate surface area is 134 Å². The molecule has 0 spiro atoms. The van der Waals surface area contributed by atoms with Crippen molar-refractivity contribution in [3.05, 3.63) is 84.0 Å². The molecule has 2 aromatic rings. The average Bonchev–Trinajstić information content (AvgIpc) is 2.95. The van der Waals surface area contributed by atoms with E-state index in [0.717, 1.165) is 17.4 Å². The molecule has 0 aliphatic carbocycles. The molecule has 1 aliphatic heterocycles. The van der Waals surface area contributed by atoms with Gasteiger partial charge in [-0.15, -0.1) is 11.6 Å². The van der Waals surface area contributed by atoms with Gasteiger partial charge in [0, 0.05) is 5.56 Å². The maximum absolute atomic E-state index is 11.6. The van der Waals surface area contributed by atoms with Gasteiger partial charge in [0.2, 0.25) is 0 Å². The van der Waals surface area contributed by atoms with E-state index in [1.54, 1.807) is 23.3 Å². The summed E-state index contributed by atoms with van der Waals surface area (Å²) in [5.74, 6) is 0.775. The van der Waals surface area contributed by atoms with E-state index in [4.69, 9.17) is 4.84 Å². The first-order chi connectivity index (χ1) is 11.2. The fourth-order valence-corrected chi connectivity index (χ4v) is 2.60. The predicted octanol–water partition coefficient (Wildman–Crippen LogP) is 3.30. The summed E-state index contributed by atoms with van der Waals surface area (Å²) in [6.45, 7) is 4.30. The molecule has 0 saturated heterocycles. The summed E-state index contributed by atoms with van der Waals surface area (Å²) in [4.78, 5) is 17.5. The molecule has 2 aromatic carbocycles. The third-order valence-electron chi connectivity index (χ3n) is 3.76. The quantitative estimate of drug-likeness (QED) is 0.680. The van der Waals surface area contributed by atoms with E-state index in [2.05, 4.69) is 6.58 Å². The molecule has 116 valence electrons. The minimum absolute atomic E-state index is 0.216. The van der Waals surface area contributed by atoms with E-state index in [1.807, 2.05) is 42.5 Å². The fraction of sp³-hybridized carbons (Fsp3) is 0.105. The first-order valence-electron chi connectivity index (χ1n) is 7.32. The van der Waals surface area contributed by atoms with Crippen molar-refractivity contribution >= 4 is 12.0 Å². The smallest absolute Gasteiger partial charge is 0.163 e. The van der Waals surface area contributed by atoms with Crippen LogP contribution in [-0.4, -0.2) is 22.5 Å². The van der Waals surface area contributed by atoms with Crippen molar-refractivity contribution in [1.29, 1.82) is 0 Å². The summed E-state index contributed by atoms with van der Waals surface area (Å²) < 4.78 is 0. The second-order valence-electron chi connectivity index (χ2n) is 5.28. The van der Waals surface area contributed by atoms with Crippen LogP contribution in [0.1, 0.15) is 11.1 Å². The Hall–Kier alpha value is -2.85. The van der Waals surface area contributed by atoms with Gasteiger partial charge >= 0.3 is 0 Å². The molecule has 1 N–H and O–H groups in total. The molecule has 0 bridgehead atoms. The van der Waals surface area contributed by atoms with Gasteiger partial charge in [-0.3, -0.25) is 4.79 Å². The lowest BCUT2D eigenvalue weighted by Gasteiger charge is -2.21. The van der Waals surface area contributed by atoms with Gasteiger partial charge in [-0.05, 0) is 17.7 Å². The van der Waals surface area contributed by atoms with Crippen LogP contribution >= 0.6 is 0 Å². The van der Waals surface area contributed by atoms with Crippen LogP contribution in [0.3, 0.4) is 0 Å². The standard InChI is InChI=1S/C19H17NO3/c1-2-18-17(13-21)19(15-6-4-3-5-7-15)23-20(18)12-14-8-10-16(22)11-9-14/h2-11,13,18,22H,1,12H2. The van der Waals surface area contributed by atoms with Crippen molar-refractivity contribution < 1.29 is 14.7 Å². The van der Waals surface area contributed by atoms with Gasteiger partial charge in [0.05, 0.1) is 18.2 Å². The highest BCUT2D eigenvalue weighted by molar-refractivity contribution is 5.89. The van der Waals surface area contributed by atoms with Gasteiger partial charge in [0.15, 0.2) is 12.0 Å². The Bertz CT molecular complexity index is 735.